The predicted molar refractivity (Wildman–Crippen MR) is 61.1 cm³/mol. The van der Waals surface area contributed by atoms with Gasteiger partial charge in [0, 0.05) is 16.4 Å². The van der Waals surface area contributed by atoms with Gasteiger partial charge < -0.3 is 5.32 Å². The molecule has 2 aromatic carbocycles. The van der Waals surface area contributed by atoms with Gasteiger partial charge in [0.1, 0.15) is 5.82 Å². The first kappa shape index (κ1) is 9.99. The summed E-state index contributed by atoms with van der Waals surface area (Å²) in [6.45, 7) is 0. The zero-order valence-electron chi connectivity index (χ0n) is 7.87. The molecule has 0 aromatic heterocycles. The molecule has 2 rings (SSSR count). The summed E-state index contributed by atoms with van der Waals surface area (Å²) in [5.41, 5.74) is 1.72. The van der Waals surface area contributed by atoms with Crippen LogP contribution in [0.5, 0.6) is 0 Å². The molecule has 0 fully saturated rings. The molecule has 0 spiro atoms. The minimum atomic E-state index is -0.244. The van der Waals surface area contributed by atoms with E-state index in [1.54, 1.807) is 18.2 Å². The molecule has 0 aliphatic rings. The molecule has 1 nitrogen and oxygen atoms in total. The first-order valence-electron chi connectivity index (χ1n) is 4.52. The van der Waals surface area contributed by atoms with E-state index in [1.165, 1.54) is 12.1 Å². The highest BCUT2D eigenvalue weighted by Crippen LogP contribution is 2.19. The van der Waals surface area contributed by atoms with Gasteiger partial charge in [-0.15, -0.1) is 0 Å². The lowest BCUT2D eigenvalue weighted by atomic mass is 10.2. The topological polar surface area (TPSA) is 12.0 Å². The Morgan fingerprint density at radius 3 is 2.33 bits per heavy atom. The lowest BCUT2D eigenvalue weighted by Gasteiger charge is -2.06. The average molecular weight is 222 g/mol. The molecule has 3 heteroatoms. The molecular formula is C12H9ClFN. The summed E-state index contributed by atoms with van der Waals surface area (Å²) < 4.78 is 12.6. The normalized spacial score (nSPS) is 10.0. The molecule has 0 aliphatic heterocycles. The Bertz CT molecular complexity index is 453. The van der Waals surface area contributed by atoms with Gasteiger partial charge in [0.2, 0.25) is 0 Å². The Morgan fingerprint density at radius 1 is 0.933 bits per heavy atom. The zero-order valence-corrected chi connectivity index (χ0v) is 8.63. The lowest BCUT2D eigenvalue weighted by Crippen LogP contribution is -1.89. The smallest absolute Gasteiger partial charge is 0.123 e. The summed E-state index contributed by atoms with van der Waals surface area (Å²) in [7, 11) is 0. The Morgan fingerprint density at radius 2 is 1.67 bits per heavy atom. The molecule has 0 radical (unpaired) electrons. The third-order valence-electron chi connectivity index (χ3n) is 1.96. The first-order valence-corrected chi connectivity index (χ1v) is 4.90. The number of nitrogens with one attached hydrogen (secondary N) is 1. The quantitative estimate of drug-likeness (QED) is 0.801. The van der Waals surface area contributed by atoms with E-state index in [4.69, 9.17) is 11.6 Å². The number of benzene rings is 2. The highest BCUT2D eigenvalue weighted by atomic mass is 35.5. The number of anilines is 2. The van der Waals surface area contributed by atoms with Crippen LogP contribution in [0.15, 0.2) is 48.5 Å². The highest BCUT2D eigenvalue weighted by molar-refractivity contribution is 6.30. The van der Waals surface area contributed by atoms with Gasteiger partial charge >= 0.3 is 0 Å². The zero-order chi connectivity index (χ0) is 10.7. The molecule has 0 unspecified atom stereocenters. The molecule has 76 valence electrons. The molecular weight excluding hydrogens is 213 g/mol. The molecule has 0 amide bonds. The highest BCUT2D eigenvalue weighted by Gasteiger charge is 1.95. The second kappa shape index (κ2) is 4.32. The molecule has 0 saturated carbocycles. The summed E-state index contributed by atoms with van der Waals surface area (Å²) in [4.78, 5) is 0. The molecule has 1 N–H and O–H groups in total. The van der Waals surface area contributed by atoms with Crippen molar-refractivity contribution in [1.29, 1.82) is 0 Å². The minimum absolute atomic E-state index is 0.244. The molecule has 0 aliphatic carbocycles. The van der Waals surface area contributed by atoms with E-state index < -0.39 is 0 Å². The summed E-state index contributed by atoms with van der Waals surface area (Å²) in [6.07, 6.45) is 0. The van der Waals surface area contributed by atoms with Crippen LogP contribution < -0.4 is 5.32 Å². The van der Waals surface area contributed by atoms with Crippen molar-refractivity contribution in [2.24, 2.45) is 0 Å². The van der Waals surface area contributed by atoms with Gasteiger partial charge in [-0.2, -0.15) is 0 Å². The summed E-state index contributed by atoms with van der Waals surface area (Å²) >= 11 is 5.84. The summed E-state index contributed by atoms with van der Waals surface area (Å²) in [5, 5.41) is 3.79. The Kier molecular flexibility index (Phi) is 2.88. The largest absolute Gasteiger partial charge is 0.355 e. The predicted octanol–water partition coefficient (Wildman–Crippen LogP) is 4.22. The van der Waals surface area contributed by atoms with Gasteiger partial charge in [0.05, 0.1) is 0 Å². The second-order valence-corrected chi connectivity index (χ2v) is 3.58. The van der Waals surface area contributed by atoms with Crippen molar-refractivity contribution in [3.8, 4) is 0 Å². The minimum Gasteiger partial charge on any atom is -0.355 e. The summed E-state index contributed by atoms with van der Waals surface area (Å²) in [5.74, 6) is -0.244. The van der Waals surface area contributed by atoms with Crippen molar-refractivity contribution in [1.82, 2.24) is 0 Å². The van der Waals surface area contributed by atoms with E-state index in [0.29, 0.717) is 5.02 Å². The van der Waals surface area contributed by atoms with Crippen LogP contribution in [-0.4, -0.2) is 0 Å². The molecule has 0 saturated heterocycles. The van der Waals surface area contributed by atoms with Crippen LogP contribution >= 0.6 is 11.6 Å². The van der Waals surface area contributed by atoms with Crippen LogP contribution in [0.25, 0.3) is 0 Å². The van der Waals surface area contributed by atoms with Gasteiger partial charge in [0.15, 0.2) is 0 Å². The van der Waals surface area contributed by atoms with Gasteiger partial charge in [-0.05, 0) is 42.5 Å². The van der Waals surface area contributed by atoms with Gasteiger partial charge in [-0.25, -0.2) is 4.39 Å². The van der Waals surface area contributed by atoms with E-state index in [2.05, 4.69) is 5.32 Å². The Balaban J connectivity index is 2.18. The Labute approximate surface area is 92.5 Å². The van der Waals surface area contributed by atoms with E-state index in [-0.39, 0.29) is 5.82 Å². The van der Waals surface area contributed by atoms with Crippen molar-refractivity contribution >= 4 is 23.0 Å². The SMILES string of the molecule is Fc1ccc(Nc2cccc(Cl)c2)cc1. The number of hydrogen-bond acceptors (Lipinski definition) is 1. The average Bonchev–Trinajstić information content (AvgIpc) is 2.22. The number of rotatable bonds is 2. The molecule has 0 heterocycles. The van der Waals surface area contributed by atoms with Crippen molar-refractivity contribution in [2.75, 3.05) is 5.32 Å². The fourth-order valence-electron chi connectivity index (χ4n) is 1.27. The Hall–Kier alpha value is -1.54. The van der Waals surface area contributed by atoms with Crippen molar-refractivity contribution < 1.29 is 4.39 Å². The standard InChI is InChI=1S/C12H9ClFN/c13-9-2-1-3-12(8-9)15-11-6-4-10(14)5-7-11/h1-8,15H. The maximum absolute atomic E-state index is 12.6. The van der Waals surface area contributed by atoms with Crippen molar-refractivity contribution in [3.63, 3.8) is 0 Å². The van der Waals surface area contributed by atoms with Crippen LogP contribution in [0.3, 0.4) is 0 Å². The number of halogens is 2. The van der Waals surface area contributed by atoms with Crippen LogP contribution in [0, 0.1) is 5.82 Å². The van der Waals surface area contributed by atoms with Crippen LogP contribution in [0.2, 0.25) is 5.02 Å². The maximum Gasteiger partial charge on any atom is 0.123 e. The maximum atomic E-state index is 12.6. The van der Waals surface area contributed by atoms with Crippen LogP contribution in [0.1, 0.15) is 0 Å². The van der Waals surface area contributed by atoms with E-state index in [9.17, 15) is 4.39 Å². The monoisotopic (exact) mass is 221 g/mol. The molecule has 2 aromatic rings. The van der Waals surface area contributed by atoms with Gasteiger partial charge in [-0.1, -0.05) is 17.7 Å². The first-order chi connectivity index (χ1) is 7.24. The molecule has 15 heavy (non-hydrogen) atoms. The number of hydrogen-bond donors (Lipinski definition) is 1. The van der Waals surface area contributed by atoms with Crippen molar-refractivity contribution in [2.45, 2.75) is 0 Å². The van der Waals surface area contributed by atoms with Crippen LogP contribution in [-0.2, 0) is 0 Å². The fraction of sp³-hybridized carbons (Fsp3) is 0. The third-order valence-corrected chi connectivity index (χ3v) is 2.19. The van der Waals surface area contributed by atoms with Gasteiger partial charge in [-0.3, -0.25) is 0 Å². The lowest BCUT2D eigenvalue weighted by molar-refractivity contribution is 0.628. The third kappa shape index (κ3) is 2.70. The molecule has 0 bridgehead atoms. The summed E-state index contributed by atoms with van der Waals surface area (Å²) in [6, 6.07) is 13.5. The van der Waals surface area contributed by atoms with E-state index >= 15 is 0 Å². The van der Waals surface area contributed by atoms with Gasteiger partial charge in [0.25, 0.3) is 0 Å². The second-order valence-electron chi connectivity index (χ2n) is 3.14. The molecule has 0 atom stereocenters. The van der Waals surface area contributed by atoms with E-state index in [1.807, 2.05) is 18.2 Å². The fourth-order valence-corrected chi connectivity index (χ4v) is 1.46. The van der Waals surface area contributed by atoms with Crippen molar-refractivity contribution in [3.05, 3.63) is 59.4 Å². The van der Waals surface area contributed by atoms with Crippen LogP contribution in [0.4, 0.5) is 15.8 Å². The van der Waals surface area contributed by atoms with E-state index in [0.717, 1.165) is 11.4 Å².